The lowest BCUT2D eigenvalue weighted by atomic mass is 10.0. The van der Waals surface area contributed by atoms with Crippen molar-refractivity contribution in [3.8, 4) is 11.5 Å². The van der Waals surface area contributed by atoms with E-state index in [9.17, 15) is 9.59 Å². The first-order valence-electron chi connectivity index (χ1n) is 9.36. The first-order valence-corrected chi connectivity index (χ1v) is 9.36. The number of carbonyl (C=O) groups excluding carboxylic acids is 2. The molecular weight excluding hydrogens is 358 g/mol. The maximum atomic E-state index is 12.5. The van der Waals surface area contributed by atoms with Gasteiger partial charge in [0.05, 0.1) is 13.2 Å². The highest BCUT2D eigenvalue weighted by Crippen LogP contribution is 2.30. The zero-order chi connectivity index (χ0) is 20.5. The Balaban J connectivity index is 2.27. The van der Waals surface area contributed by atoms with E-state index in [1.54, 1.807) is 0 Å². The third kappa shape index (κ3) is 5.72. The van der Waals surface area contributed by atoms with Crippen molar-refractivity contribution < 1.29 is 24.4 Å². The maximum Gasteiger partial charge on any atom is 0.319 e. The van der Waals surface area contributed by atoms with Gasteiger partial charge in [0.25, 0.3) is 5.91 Å². The summed E-state index contributed by atoms with van der Waals surface area (Å²) in [5, 5.41) is 4.07. The number of nitrogens with one attached hydrogen (secondary N) is 1. The highest BCUT2D eigenvalue weighted by Gasteiger charge is 2.28. The Kier molecular flexibility index (Phi) is 7.83. The molecule has 28 heavy (non-hydrogen) atoms. The van der Waals surface area contributed by atoms with E-state index in [1.807, 2.05) is 74.6 Å². The second kappa shape index (κ2) is 10.3. The minimum atomic E-state index is -0.869. The van der Waals surface area contributed by atoms with Gasteiger partial charge in [0.15, 0.2) is 17.5 Å². The molecule has 0 fully saturated rings. The van der Waals surface area contributed by atoms with Gasteiger partial charge in [-0.2, -0.15) is 0 Å². The number of benzene rings is 2. The van der Waals surface area contributed by atoms with Crippen LogP contribution in [-0.4, -0.2) is 25.2 Å². The Morgan fingerprint density at radius 2 is 1.64 bits per heavy atom. The van der Waals surface area contributed by atoms with Crippen LogP contribution in [0.4, 0.5) is 4.79 Å². The van der Waals surface area contributed by atoms with Crippen LogP contribution in [-0.2, 0) is 4.79 Å². The highest BCUT2D eigenvalue weighted by molar-refractivity contribution is 5.96. The predicted molar refractivity (Wildman–Crippen MR) is 106 cm³/mol. The third-order valence-corrected chi connectivity index (χ3v) is 4.26. The van der Waals surface area contributed by atoms with Gasteiger partial charge >= 0.3 is 6.03 Å². The molecule has 2 rings (SSSR count). The molecule has 0 aliphatic carbocycles. The summed E-state index contributed by atoms with van der Waals surface area (Å²) in [6.45, 7) is 6.89. The van der Waals surface area contributed by atoms with Crippen LogP contribution in [0, 0.1) is 0 Å². The van der Waals surface area contributed by atoms with Gasteiger partial charge in [-0.15, -0.1) is 0 Å². The average Bonchev–Trinajstić information content (AvgIpc) is 2.67. The standard InChI is InChI=1S/C21H27N3O4/c1-4-27-17-12-11-16(13-18(17)28-5-2)14(3)23-19(20(25)24-21(22)26)15-9-7-6-8-10-15/h6-14,19,23H,4-5H2,1-3H3,(H3,22,24,25,26)/p+1/t14-,19-/m1/s1. The molecule has 0 aromatic heterocycles. The number of primary amides is 1. The van der Waals surface area contributed by atoms with E-state index in [1.165, 1.54) is 0 Å². The lowest BCUT2D eigenvalue weighted by Gasteiger charge is -2.21. The number of urea groups is 1. The number of carbonyl (C=O) groups is 2. The number of imide groups is 1. The third-order valence-electron chi connectivity index (χ3n) is 4.26. The van der Waals surface area contributed by atoms with Crippen LogP contribution in [0.25, 0.3) is 0 Å². The van der Waals surface area contributed by atoms with Crippen LogP contribution < -0.4 is 25.8 Å². The van der Waals surface area contributed by atoms with Gasteiger partial charge in [-0.3, -0.25) is 10.1 Å². The largest absolute Gasteiger partial charge is 0.490 e. The molecule has 0 heterocycles. The fourth-order valence-electron chi connectivity index (χ4n) is 2.96. The number of hydrogen-bond acceptors (Lipinski definition) is 4. The zero-order valence-electron chi connectivity index (χ0n) is 16.5. The van der Waals surface area contributed by atoms with E-state index in [2.05, 4.69) is 5.32 Å². The van der Waals surface area contributed by atoms with E-state index in [0.717, 1.165) is 11.1 Å². The second-order valence-electron chi connectivity index (χ2n) is 6.30. The van der Waals surface area contributed by atoms with Gasteiger partial charge in [0, 0.05) is 11.1 Å². The maximum absolute atomic E-state index is 12.5. The number of ether oxygens (including phenoxy) is 2. The molecule has 0 aliphatic heterocycles. The Morgan fingerprint density at radius 1 is 1.00 bits per heavy atom. The topological polar surface area (TPSA) is 107 Å². The Morgan fingerprint density at radius 3 is 2.25 bits per heavy atom. The molecule has 5 N–H and O–H groups in total. The minimum Gasteiger partial charge on any atom is -0.490 e. The van der Waals surface area contributed by atoms with Crippen LogP contribution in [0.15, 0.2) is 48.5 Å². The Bertz CT molecular complexity index is 795. The number of quaternary nitrogens is 1. The fourth-order valence-corrected chi connectivity index (χ4v) is 2.96. The molecule has 0 saturated carbocycles. The fraction of sp³-hybridized carbons (Fsp3) is 0.333. The lowest BCUT2D eigenvalue weighted by molar-refractivity contribution is -0.719. The smallest absolute Gasteiger partial charge is 0.319 e. The predicted octanol–water partition coefficient (Wildman–Crippen LogP) is 2.04. The van der Waals surface area contributed by atoms with Crippen LogP contribution in [0.5, 0.6) is 11.5 Å². The van der Waals surface area contributed by atoms with Crippen LogP contribution in [0.3, 0.4) is 0 Å². The summed E-state index contributed by atoms with van der Waals surface area (Å²) in [6, 6.07) is 13.4. The van der Waals surface area contributed by atoms with Gasteiger partial charge in [0.2, 0.25) is 0 Å². The van der Waals surface area contributed by atoms with E-state index in [4.69, 9.17) is 15.2 Å². The van der Waals surface area contributed by atoms with Crippen LogP contribution in [0.2, 0.25) is 0 Å². The van der Waals surface area contributed by atoms with Crippen molar-refractivity contribution in [2.45, 2.75) is 32.9 Å². The van der Waals surface area contributed by atoms with Gasteiger partial charge in [-0.1, -0.05) is 30.3 Å². The SMILES string of the molecule is CCOc1ccc([C@@H](C)[NH2+][C@@H](C(=O)NC(N)=O)c2ccccc2)cc1OCC. The molecule has 2 aromatic rings. The van der Waals surface area contributed by atoms with Crippen LogP contribution >= 0.6 is 0 Å². The highest BCUT2D eigenvalue weighted by atomic mass is 16.5. The molecule has 2 aromatic carbocycles. The molecule has 0 aliphatic rings. The molecule has 150 valence electrons. The quantitative estimate of drug-likeness (QED) is 0.613. The van der Waals surface area contributed by atoms with Crippen molar-refractivity contribution in [2.75, 3.05) is 13.2 Å². The monoisotopic (exact) mass is 386 g/mol. The zero-order valence-corrected chi connectivity index (χ0v) is 16.5. The summed E-state index contributed by atoms with van der Waals surface area (Å²) in [5.41, 5.74) is 6.89. The van der Waals surface area contributed by atoms with Crippen molar-refractivity contribution in [2.24, 2.45) is 5.73 Å². The van der Waals surface area contributed by atoms with Gasteiger partial charge < -0.3 is 20.5 Å². The Hall–Kier alpha value is -3.06. The molecule has 7 nitrogen and oxygen atoms in total. The number of rotatable bonds is 9. The van der Waals surface area contributed by atoms with Crippen molar-refractivity contribution in [3.05, 3.63) is 59.7 Å². The summed E-state index contributed by atoms with van der Waals surface area (Å²) in [5.74, 6) is 0.896. The lowest BCUT2D eigenvalue weighted by Crippen LogP contribution is -2.88. The molecule has 0 bridgehead atoms. The van der Waals surface area contributed by atoms with E-state index in [0.29, 0.717) is 24.7 Å². The summed E-state index contributed by atoms with van der Waals surface area (Å²) >= 11 is 0. The Labute approximate surface area is 165 Å². The summed E-state index contributed by atoms with van der Waals surface area (Å²) < 4.78 is 11.3. The number of hydrogen-bond donors (Lipinski definition) is 3. The average molecular weight is 386 g/mol. The molecular formula is C21H28N3O4+. The summed E-state index contributed by atoms with van der Waals surface area (Å²) in [7, 11) is 0. The van der Waals surface area contributed by atoms with Gasteiger partial charge in [-0.25, -0.2) is 4.79 Å². The van der Waals surface area contributed by atoms with E-state index >= 15 is 0 Å². The molecule has 2 atom stereocenters. The number of amides is 3. The first-order chi connectivity index (χ1) is 13.5. The molecule has 7 heteroatoms. The molecule has 0 radical (unpaired) electrons. The van der Waals surface area contributed by atoms with E-state index < -0.39 is 18.0 Å². The van der Waals surface area contributed by atoms with Crippen molar-refractivity contribution in [3.63, 3.8) is 0 Å². The van der Waals surface area contributed by atoms with Crippen molar-refractivity contribution >= 4 is 11.9 Å². The van der Waals surface area contributed by atoms with Gasteiger partial charge in [-0.05, 0) is 39.0 Å². The van der Waals surface area contributed by atoms with Crippen molar-refractivity contribution in [1.29, 1.82) is 0 Å². The second-order valence-corrected chi connectivity index (χ2v) is 6.30. The first kappa shape index (κ1) is 21.2. The number of nitrogens with two attached hydrogens (primary N) is 2. The molecule has 0 unspecified atom stereocenters. The normalized spacial score (nSPS) is 12.7. The van der Waals surface area contributed by atoms with Crippen molar-refractivity contribution in [1.82, 2.24) is 5.32 Å². The van der Waals surface area contributed by atoms with Gasteiger partial charge in [0.1, 0.15) is 6.04 Å². The summed E-state index contributed by atoms with van der Waals surface area (Å²) in [4.78, 5) is 23.7. The van der Waals surface area contributed by atoms with E-state index in [-0.39, 0.29) is 6.04 Å². The molecule has 3 amide bonds. The minimum absolute atomic E-state index is 0.0845. The molecule has 0 saturated heterocycles. The van der Waals surface area contributed by atoms with Crippen LogP contribution in [0.1, 0.15) is 44.0 Å². The molecule has 0 spiro atoms. The summed E-state index contributed by atoms with van der Waals surface area (Å²) in [6.07, 6.45) is 0.